The Morgan fingerprint density at radius 2 is 1.72 bits per heavy atom. The van der Waals surface area contributed by atoms with Crippen molar-refractivity contribution in [3.8, 4) is 0 Å². The fourth-order valence-corrected chi connectivity index (χ4v) is 7.66. The molecule has 1 spiro atoms. The van der Waals surface area contributed by atoms with Crippen LogP contribution in [0.2, 0.25) is 0 Å². The van der Waals surface area contributed by atoms with Gasteiger partial charge < -0.3 is 19.4 Å². The van der Waals surface area contributed by atoms with Crippen LogP contribution in [0.3, 0.4) is 0 Å². The van der Waals surface area contributed by atoms with Gasteiger partial charge in [-0.05, 0) is 71.8 Å². The van der Waals surface area contributed by atoms with Crippen molar-refractivity contribution in [2.24, 2.45) is 5.92 Å². The average molecular weight is 497 g/mol. The molecule has 4 aliphatic rings. The number of likely N-dealkylation sites (tertiary alicyclic amines) is 1. The van der Waals surface area contributed by atoms with E-state index in [1.165, 1.54) is 18.4 Å². The van der Waals surface area contributed by atoms with E-state index in [0.29, 0.717) is 30.5 Å². The molecule has 4 heterocycles. The van der Waals surface area contributed by atoms with Crippen molar-refractivity contribution in [2.75, 3.05) is 33.2 Å². The second kappa shape index (κ2) is 9.23. The van der Waals surface area contributed by atoms with Crippen LogP contribution in [-0.4, -0.2) is 94.2 Å². The lowest BCUT2D eigenvalue weighted by Gasteiger charge is -2.50. The lowest BCUT2D eigenvalue weighted by atomic mass is 9.80. The summed E-state index contributed by atoms with van der Waals surface area (Å²) in [6.45, 7) is 13.4. The molecule has 4 aliphatic heterocycles. The number of rotatable bonds is 4. The lowest BCUT2D eigenvalue weighted by molar-refractivity contribution is 0.00861. The summed E-state index contributed by atoms with van der Waals surface area (Å²) in [7, 11) is 1.95. The third kappa shape index (κ3) is 4.59. The maximum absolute atomic E-state index is 13.0. The number of piperidine rings is 1. The lowest BCUT2D eigenvalue weighted by Crippen LogP contribution is -2.60. The highest BCUT2D eigenvalue weighted by Gasteiger charge is 2.57. The zero-order valence-corrected chi connectivity index (χ0v) is 22.9. The number of benzene rings is 1. The van der Waals surface area contributed by atoms with E-state index in [-0.39, 0.29) is 23.7 Å². The van der Waals surface area contributed by atoms with E-state index in [0.717, 1.165) is 32.5 Å². The number of hydrogen-bond acceptors (Lipinski definition) is 4. The SMILES string of the molecule is CC(C)N1C(=O)N(C)CC12CC1CCC(C2)N1C[C@H]1CN(C(=O)OC(C)(C)C)C[C@@H]1c1ccccc1. The van der Waals surface area contributed by atoms with Gasteiger partial charge in [0.05, 0.1) is 5.54 Å². The monoisotopic (exact) mass is 496 g/mol. The molecule has 5 rings (SSSR count). The van der Waals surface area contributed by atoms with Gasteiger partial charge in [0.1, 0.15) is 5.60 Å². The first-order valence-corrected chi connectivity index (χ1v) is 13.8. The van der Waals surface area contributed by atoms with Gasteiger partial charge in [-0.2, -0.15) is 0 Å². The zero-order valence-electron chi connectivity index (χ0n) is 22.9. The molecular weight excluding hydrogens is 452 g/mol. The van der Waals surface area contributed by atoms with Crippen molar-refractivity contribution >= 4 is 12.1 Å². The first-order chi connectivity index (χ1) is 17.0. The van der Waals surface area contributed by atoms with Gasteiger partial charge in [-0.3, -0.25) is 4.90 Å². The Hall–Kier alpha value is -2.28. The minimum atomic E-state index is -0.494. The quantitative estimate of drug-likeness (QED) is 0.602. The van der Waals surface area contributed by atoms with Crippen molar-refractivity contribution in [1.82, 2.24) is 19.6 Å². The van der Waals surface area contributed by atoms with Crippen LogP contribution in [0.1, 0.15) is 71.8 Å². The van der Waals surface area contributed by atoms with Crippen LogP contribution in [0.4, 0.5) is 9.59 Å². The number of carbonyl (C=O) groups is 2. The van der Waals surface area contributed by atoms with Gasteiger partial charge >= 0.3 is 12.1 Å². The molecule has 4 saturated heterocycles. The molecule has 0 saturated carbocycles. The van der Waals surface area contributed by atoms with Gasteiger partial charge in [-0.15, -0.1) is 0 Å². The summed E-state index contributed by atoms with van der Waals surface area (Å²) in [5, 5.41) is 0. The predicted octanol–water partition coefficient (Wildman–Crippen LogP) is 4.78. The van der Waals surface area contributed by atoms with E-state index in [4.69, 9.17) is 4.74 Å². The highest BCUT2D eigenvalue weighted by molar-refractivity contribution is 5.78. The Balaban J connectivity index is 1.34. The molecule has 2 unspecified atom stereocenters. The summed E-state index contributed by atoms with van der Waals surface area (Å²) in [4.78, 5) is 34.8. The minimum absolute atomic E-state index is 0.0423. The van der Waals surface area contributed by atoms with E-state index in [9.17, 15) is 9.59 Å². The maximum Gasteiger partial charge on any atom is 0.410 e. The normalized spacial score (nSPS) is 32.9. The Bertz CT molecular complexity index is 960. The molecule has 7 nitrogen and oxygen atoms in total. The van der Waals surface area contributed by atoms with Crippen LogP contribution in [0, 0.1) is 5.92 Å². The fraction of sp³-hybridized carbons (Fsp3) is 0.724. The number of nitrogens with zero attached hydrogens (tertiary/aromatic N) is 4. The number of carbonyl (C=O) groups excluding carboxylic acids is 2. The highest BCUT2D eigenvalue weighted by atomic mass is 16.6. The molecule has 1 aromatic rings. The summed E-state index contributed by atoms with van der Waals surface area (Å²) in [5.41, 5.74) is 0.772. The van der Waals surface area contributed by atoms with Gasteiger partial charge in [0.15, 0.2) is 0 Å². The number of likely N-dealkylation sites (N-methyl/N-ethyl adjacent to an activating group) is 1. The topological polar surface area (TPSA) is 56.3 Å². The molecule has 0 radical (unpaired) electrons. The number of fused-ring (bicyclic) bond motifs is 2. The van der Waals surface area contributed by atoms with E-state index in [2.05, 4.69) is 54.0 Å². The molecule has 7 heteroatoms. The van der Waals surface area contributed by atoms with Crippen LogP contribution in [0.15, 0.2) is 30.3 Å². The fourth-order valence-electron chi connectivity index (χ4n) is 7.66. The summed E-state index contributed by atoms with van der Waals surface area (Å²) in [6.07, 6.45) is 4.31. The molecule has 3 amide bonds. The summed E-state index contributed by atoms with van der Waals surface area (Å²) < 4.78 is 5.75. The van der Waals surface area contributed by atoms with E-state index >= 15 is 0 Å². The number of urea groups is 1. The molecule has 0 aromatic heterocycles. The number of ether oxygens (including phenoxy) is 1. The van der Waals surface area contributed by atoms with Crippen LogP contribution >= 0.6 is 0 Å². The van der Waals surface area contributed by atoms with Gasteiger partial charge in [-0.1, -0.05) is 30.3 Å². The first-order valence-electron chi connectivity index (χ1n) is 13.8. The smallest absolute Gasteiger partial charge is 0.410 e. The predicted molar refractivity (Wildman–Crippen MR) is 141 cm³/mol. The molecular formula is C29H44N4O3. The van der Waals surface area contributed by atoms with Crippen molar-refractivity contribution in [3.63, 3.8) is 0 Å². The van der Waals surface area contributed by atoms with E-state index in [1.807, 2.05) is 37.6 Å². The largest absolute Gasteiger partial charge is 0.444 e. The van der Waals surface area contributed by atoms with Crippen LogP contribution < -0.4 is 0 Å². The van der Waals surface area contributed by atoms with Crippen molar-refractivity contribution in [2.45, 2.75) is 95.5 Å². The Kier molecular flexibility index (Phi) is 6.51. The summed E-state index contributed by atoms with van der Waals surface area (Å²) >= 11 is 0. The highest BCUT2D eigenvalue weighted by Crippen LogP contribution is 2.48. The standard InChI is InChI=1S/C29H44N4O3/c1-20(2)33-26(34)30(6)19-29(33)14-23-12-13-24(15-29)32(23)17-22-16-31(27(35)36-28(3,4)5)18-25(22)21-10-8-7-9-11-21/h7-11,20,22-25H,12-19H2,1-6H3/t22-,23?,24?,25-,29?/m1/s1. The summed E-state index contributed by atoms with van der Waals surface area (Å²) in [5.74, 6) is 0.673. The van der Waals surface area contributed by atoms with Gasteiger partial charge in [0, 0.05) is 57.3 Å². The second-order valence-electron chi connectivity index (χ2n) is 13.0. The Labute approximate surface area is 216 Å². The zero-order chi connectivity index (χ0) is 25.8. The van der Waals surface area contributed by atoms with Crippen LogP contribution in [0.5, 0.6) is 0 Å². The minimum Gasteiger partial charge on any atom is -0.444 e. The molecule has 1 aromatic carbocycles. The van der Waals surface area contributed by atoms with Crippen molar-refractivity contribution < 1.29 is 14.3 Å². The molecule has 0 aliphatic carbocycles. The van der Waals surface area contributed by atoms with E-state index in [1.54, 1.807) is 0 Å². The molecule has 36 heavy (non-hydrogen) atoms. The molecule has 4 fully saturated rings. The molecule has 198 valence electrons. The number of hydrogen-bond donors (Lipinski definition) is 0. The van der Waals surface area contributed by atoms with Gasteiger partial charge in [0.2, 0.25) is 0 Å². The average Bonchev–Trinajstić information content (AvgIpc) is 3.39. The third-order valence-electron chi connectivity index (χ3n) is 8.86. The third-order valence-corrected chi connectivity index (χ3v) is 8.86. The number of amides is 3. The van der Waals surface area contributed by atoms with Crippen LogP contribution in [0.25, 0.3) is 0 Å². The van der Waals surface area contributed by atoms with Gasteiger partial charge in [-0.25, -0.2) is 9.59 Å². The van der Waals surface area contributed by atoms with Gasteiger partial charge in [0.25, 0.3) is 0 Å². The Morgan fingerprint density at radius 1 is 1.08 bits per heavy atom. The second-order valence-corrected chi connectivity index (χ2v) is 13.0. The van der Waals surface area contributed by atoms with Crippen molar-refractivity contribution in [3.05, 3.63) is 35.9 Å². The Morgan fingerprint density at radius 3 is 2.31 bits per heavy atom. The molecule has 2 bridgehead atoms. The van der Waals surface area contributed by atoms with E-state index < -0.39 is 5.60 Å². The molecule has 0 N–H and O–H groups in total. The van der Waals surface area contributed by atoms with Crippen molar-refractivity contribution in [1.29, 1.82) is 0 Å². The summed E-state index contributed by atoms with van der Waals surface area (Å²) in [6, 6.07) is 12.1. The first kappa shape index (κ1) is 25.4. The molecule has 4 atom stereocenters. The van der Waals surface area contributed by atoms with Crippen LogP contribution in [-0.2, 0) is 4.74 Å². The maximum atomic E-state index is 13.0.